The van der Waals surface area contributed by atoms with Gasteiger partial charge in [-0.25, -0.2) is 0 Å². The zero-order valence-corrected chi connectivity index (χ0v) is 12.4. The molecule has 0 atom stereocenters. The van der Waals surface area contributed by atoms with Gasteiger partial charge in [0.2, 0.25) is 0 Å². The average Bonchev–Trinajstić information content (AvgIpc) is 2.90. The number of ether oxygens (including phenoxy) is 1. The molecule has 21 heavy (non-hydrogen) atoms. The van der Waals surface area contributed by atoms with Gasteiger partial charge < -0.3 is 9.64 Å². The van der Waals surface area contributed by atoms with Gasteiger partial charge in [0.25, 0.3) is 5.91 Å². The van der Waals surface area contributed by atoms with E-state index in [1.165, 1.54) is 11.1 Å². The number of hydrogen-bond acceptors (Lipinski definition) is 2. The summed E-state index contributed by atoms with van der Waals surface area (Å²) in [6.07, 6.45) is 0.934. The molecule has 3 nitrogen and oxygen atoms in total. The third-order valence-electron chi connectivity index (χ3n) is 3.89. The van der Waals surface area contributed by atoms with Crippen molar-refractivity contribution in [1.82, 2.24) is 0 Å². The molecule has 1 aliphatic rings. The Morgan fingerprint density at radius 3 is 2.67 bits per heavy atom. The molecule has 0 aromatic heterocycles. The monoisotopic (exact) mass is 281 g/mol. The van der Waals surface area contributed by atoms with Crippen LogP contribution in [0.15, 0.2) is 42.5 Å². The Hall–Kier alpha value is -2.13. The highest BCUT2D eigenvalue weighted by Gasteiger charge is 2.25. The molecule has 1 aliphatic heterocycles. The molecule has 2 aromatic carbocycles. The number of anilines is 1. The van der Waals surface area contributed by atoms with Crippen molar-refractivity contribution in [2.75, 3.05) is 18.6 Å². The maximum absolute atomic E-state index is 12.7. The summed E-state index contributed by atoms with van der Waals surface area (Å²) in [6, 6.07) is 14.0. The molecule has 0 bridgehead atoms. The second-order valence-corrected chi connectivity index (χ2v) is 5.47. The van der Waals surface area contributed by atoms with Crippen molar-refractivity contribution in [2.45, 2.75) is 20.0 Å². The van der Waals surface area contributed by atoms with Crippen LogP contribution >= 0.6 is 0 Å². The van der Waals surface area contributed by atoms with Gasteiger partial charge in [-0.05, 0) is 48.2 Å². The number of carbonyl (C=O) groups excluding carboxylic acids is 1. The fourth-order valence-electron chi connectivity index (χ4n) is 2.77. The summed E-state index contributed by atoms with van der Waals surface area (Å²) in [5, 5.41) is 0. The van der Waals surface area contributed by atoms with E-state index in [0.717, 1.165) is 29.8 Å². The molecule has 0 unspecified atom stereocenters. The van der Waals surface area contributed by atoms with Crippen LogP contribution in [0.1, 0.15) is 27.0 Å². The Bertz CT molecular complexity index is 661. The predicted molar refractivity (Wildman–Crippen MR) is 83.7 cm³/mol. The van der Waals surface area contributed by atoms with Crippen LogP contribution in [-0.2, 0) is 17.8 Å². The van der Waals surface area contributed by atoms with Crippen LogP contribution in [-0.4, -0.2) is 19.6 Å². The number of nitrogens with zero attached hydrogens (tertiary/aromatic N) is 1. The average molecular weight is 281 g/mol. The van der Waals surface area contributed by atoms with Crippen LogP contribution in [0.5, 0.6) is 0 Å². The highest BCUT2D eigenvalue weighted by molar-refractivity contribution is 6.07. The smallest absolute Gasteiger partial charge is 0.258 e. The molecule has 0 radical (unpaired) electrons. The number of rotatable bonds is 3. The molecule has 2 aromatic rings. The predicted octanol–water partition coefficient (Wildman–Crippen LogP) is 3.34. The summed E-state index contributed by atoms with van der Waals surface area (Å²) in [4.78, 5) is 14.6. The van der Waals surface area contributed by atoms with Crippen molar-refractivity contribution in [3.8, 4) is 0 Å². The van der Waals surface area contributed by atoms with Crippen LogP contribution < -0.4 is 4.90 Å². The first kappa shape index (κ1) is 13.8. The number of fused-ring (bicyclic) bond motifs is 1. The molecule has 0 saturated heterocycles. The number of aryl methyl sites for hydroxylation is 1. The van der Waals surface area contributed by atoms with Crippen LogP contribution in [0.4, 0.5) is 5.69 Å². The first-order chi connectivity index (χ1) is 10.2. The minimum absolute atomic E-state index is 0.0725. The lowest BCUT2D eigenvalue weighted by Gasteiger charge is -2.18. The van der Waals surface area contributed by atoms with E-state index in [4.69, 9.17) is 4.74 Å². The molecule has 0 saturated carbocycles. The highest BCUT2D eigenvalue weighted by Crippen LogP contribution is 2.30. The van der Waals surface area contributed by atoms with Gasteiger partial charge in [-0.2, -0.15) is 0 Å². The van der Waals surface area contributed by atoms with Crippen LogP contribution in [0.3, 0.4) is 0 Å². The molecular weight excluding hydrogens is 262 g/mol. The van der Waals surface area contributed by atoms with E-state index >= 15 is 0 Å². The Labute approximate surface area is 125 Å². The van der Waals surface area contributed by atoms with Crippen molar-refractivity contribution in [1.29, 1.82) is 0 Å². The Kier molecular flexibility index (Phi) is 3.76. The van der Waals surface area contributed by atoms with Crippen LogP contribution in [0.25, 0.3) is 0 Å². The fourth-order valence-corrected chi connectivity index (χ4v) is 2.77. The van der Waals surface area contributed by atoms with Crippen molar-refractivity contribution >= 4 is 11.6 Å². The van der Waals surface area contributed by atoms with Crippen molar-refractivity contribution < 1.29 is 9.53 Å². The second kappa shape index (κ2) is 5.70. The molecule has 1 heterocycles. The highest BCUT2D eigenvalue weighted by atomic mass is 16.5. The third kappa shape index (κ3) is 2.69. The van der Waals surface area contributed by atoms with E-state index in [0.29, 0.717) is 6.61 Å². The van der Waals surface area contributed by atoms with Gasteiger partial charge in [-0.15, -0.1) is 0 Å². The van der Waals surface area contributed by atoms with E-state index < -0.39 is 0 Å². The number of benzene rings is 2. The molecule has 0 N–H and O–H groups in total. The first-order valence-corrected chi connectivity index (χ1v) is 7.18. The molecule has 0 fully saturated rings. The van der Waals surface area contributed by atoms with Gasteiger partial charge in [0.05, 0.1) is 6.61 Å². The van der Waals surface area contributed by atoms with Gasteiger partial charge in [-0.1, -0.05) is 24.3 Å². The number of carbonyl (C=O) groups is 1. The van der Waals surface area contributed by atoms with Gasteiger partial charge in [0.15, 0.2) is 0 Å². The summed E-state index contributed by atoms with van der Waals surface area (Å²) in [5.41, 5.74) is 5.30. The topological polar surface area (TPSA) is 29.5 Å². The molecular formula is C18H19NO2. The number of methoxy groups -OCH3 is 1. The van der Waals surface area contributed by atoms with Gasteiger partial charge >= 0.3 is 0 Å². The Morgan fingerprint density at radius 1 is 1.19 bits per heavy atom. The lowest BCUT2D eigenvalue weighted by Crippen LogP contribution is -2.28. The van der Waals surface area contributed by atoms with Crippen molar-refractivity contribution in [2.24, 2.45) is 0 Å². The molecule has 3 heteroatoms. The maximum atomic E-state index is 12.7. The molecule has 1 amide bonds. The lowest BCUT2D eigenvalue weighted by molar-refractivity contribution is 0.0989. The van der Waals surface area contributed by atoms with E-state index in [9.17, 15) is 4.79 Å². The van der Waals surface area contributed by atoms with Gasteiger partial charge in [-0.3, -0.25) is 4.79 Å². The zero-order chi connectivity index (χ0) is 14.8. The van der Waals surface area contributed by atoms with E-state index in [1.54, 1.807) is 7.11 Å². The van der Waals surface area contributed by atoms with Crippen LogP contribution in [0, 0.1) is 6.92 Å². The molecule has 108 valence electrons. The lowest BCUT2D eigenvalue weighted by atomic mass is 10.1. The quantitative estimate of drug-likeness (QED) is 0.863. The summed E-state index contributed by atoms with van der Waals surface area (Å²) in [5.74, 6) is 0.0725. The Morgan fingerprint density at radius 2 is 1.95 bits per heavy atom. The summed E-state index contributed by atoms with van der Waals surface area (Å²) < 4.78 is 5.09. The summed E-state index contributed by atoms with van der Waals surface area (Å²) >= 11 is 0. The summed E-state index contributed by atoms with van der Waals surface area (Å²) in [6.45, 7) is 3.39. The standard InChI is InChI=1S/C18H19NO2/c1-13-3-6-15-9-10-19(17(15)11-13)18(20)16-7-4-14(5-8-16)12-21-2/h3-8,11H,9-10,12H2,1-2H3. The largest absolute Gasteiger partial charge is 0.380 e. The number of hydrogen-bond donors (Lipinski definition) is 0. The first-order valence-electron chi connectivity index (χ1n) is 7.18. The summed E-state index contributed by atoms with van der Waals surface area (Å²) in [7, 11) is 1.67. The zero-order valence-electron chi connectivity index (χ0n) is 12.4. The SMILES string of the molecule is COCc1ccc(C(=O)N2CCc3ccc(C)cc32)cc1. The van der Waals surface area contributed by atoms with Crippen LogP contribution in [0.2, 0.25) is 0 Å². The molecule has 3 rings (SSSR count). The normalized spacial score (nSPS) is 13.3. The van der Waals surface area contributed by atoms with E-state index in [2.05, 4.69) is 25.1 Å². The second-order valence-electron chi connectivity index (χ2n) is 5.47. The van der Waals surface area contributed by atoms with Crippen molar-refractivity contribution in [3.05, 3.63) is 64.7 Å². The fraction of sp³-hybridized carbons (Fsp3) is 0.278. The van der Waals surface area contributed by atoms with E-state index in [-0.39, 0.29) is 5.91 Å². The van der Waals surface area contributed by atoms with E-state index in [1.807, 2.05) is 29.2 Å². The minimum atomic E-state index is 0.0725. The van der Waals surface area contributed by atoms with Gasteiger partial charge in [0, 0.05) is 24.9 Å². The maximum Gasteiger partial charge on any atom is 0.258 e. The van der Waals surface area contributed by atoms with Crippen molar-refractivity contribution in [3.63, 3.8) is 0 Å². The minimum Gasteiger partial charge on any atom is -0.380 e. The Balaban J connectivity index is 1.85. The molecule has 0 aliphatic carbocycles. The van der Waals surface area contributed by atoms with Gasteiger partial charge in [0.1, 0.15) is 0 Å². The number of amides is 1. The molecule has 0 spiro atoms. The third-order valence-corrected chi connectivity index (χ3v) is 3.89.